The van der Waals surface area contributed by atoms with Crippen molar-refractivity contribution in [1.29, 1.82) is 0 Å². The topological polar surface area (TPSA) is 79.0 Å². The molecule has 0 saturated carbocycles. The van der Waals surface area contributed by atoms with Crippen LogP contribution in [-0.2, 0) is 0 Å². The summed E-state index contributed by atoms with van der Waals surface area (Å²) in [5.41, 5.74) is 3.93. The van der Waals surface area contributed by atoms with Crippen LogP contribution in [0.2, 0.25) is 0 Å². The Hall–Kier alpha value is -4.39. The number of ether oxygens (including phenoxy) is 1. The molecule has 0 aliphatic heterocycles. The summed E-state index contributed by atoms with van der Waals surface area (Å²) in [5.74, 6) is 3.55. The maximum atomic E-state index is 6.24. The number of hydrogen-bond donors (Lipinski definition) is 2. The van der Waals surface area contributed by atoms with Gasteiger partial charge in [-0.3, -0.25) is 5.10 Å². The molecule has 7 heteroatoms. The van der Waals surface area contributed by atoms with Crippen molar-refractivity contribution in [2.24, 2.45) is 0 Å². The minimum absolute atomic E-state index is 0.524. The zero-order valence-electron chi connectivity index (χ0n) is 18.7. The molecule has 3 aromatic carbocycles. The second-order valence-corrected chi connectivity index (χ2v) is 8.02. The third kappa shape index (κ3) is 4.48. The number of pyridine rings is 1. The highest BCUT2D eigenvalue weighted by Crippen LogP contribution is 2.33. The molecule has 2 N–H and O–H groups in total. The molecule has 0 atom stereocenters. The van der Waals surface area contributed by atoms with E-state index in [0.717, 1.165) is 39.5 Å². The van der Waals surface area contributed by atoms with Crippen LogP contribution in [0, 0.1) is 6.92 Å². The van der Waals surface area contributed by atoms with Crippen LogP contribution in [0.5, 0.6) is 11.5 Å². The fraction of sp³-hybridized carbons (Fsp3) is 0.115. The minimum Gasteiger partial charge on any atom is -0.457 e. The Morgan fingerprint density at radius 3 is 2.48 bits per heavy atom. The third-order valence-electron chi connectivity index (χ3n) is 5.24. The molecule has 0 amide bonds. The highest BCUT2D eigenvalue weighted by molar-refractivity contribution is 5.87. The van der Waals surface area contributed by atoms with Crippen LogP contribution in [0.15, 0.2) is 78.9 Å². The first kappa shape index (κ1) is 20.5. The molecule has 0 aliphatic carbocycles. The van der Waals surface area contributed by atoms with Gasteiger partial charge >= 0.3 is 0 Å². The van der Waals surface area contributed by atoms with Crippen molar-refractivity contribution >= 4 is 28.4 Å². The summed E-state index contributed by atoms with van der Waals surface area (Å²) in [7, 11) is 3.93. The summed E-state index contributed by atoms with van der Waals surface area (Å²) in [6, 6.07) is 25.8. The average molecular weight is 437 g/mol. The molecule has 0 spiro atoms. The molecule has 7 nitrogen and oxygen atoms in total. The molecule has 2 heterocycles. The summed E-state index contributed by atoms with van der Waals surface area (Å²) in [6.07, 6.45) is 0. The lowest BCUT2D eigenvalue weighted by molar-refractivity contribution is 0.488. The molecule has 164 valence electrons. The van der Waals surface area contributed by atoms with Gasteiger partial charge in [0.05, 0.1) is 5.52 Å². The normalized spacial score (nSPS) is 10.9. The molecule has 0 saturated heterocycles. The van der Waals surface area contributed by atoms with Gasteiger partial charge in [0, 0.05) is 36.8 Å². The Bertz CT molecular complexity index is 1410. The lowest BCUT2D eigenvalue weighted by Crippen LogP contribution is -2.10. The van der Waals surface area contributed by atoms with Crippen molar-refractivity contribution < 1.29 is 4.74 Å². The smallest absolute Gasteiger partial charge is 0.246 e. The highest BCUT2D eigenvalue weighted by Gasteiger charge is 2.11. The number of aromatic nitrogens is 4. The van der Waals surface area contributed by atoms with E-state index >= 15 is 0 Å². The molecule has 0 fully saturated rings. The van der Waals surface area contributed by atoms with E-state index in [9.17, 15) is 0 Å². The first-order valence-electron chi connectivity index (χ1n) is 10.7. The molecular formula is C26H24N6O. The van der Waals surface area contributed by atoms with Crippen LogP contribution in [0.4, 0.5) is 17.5 Å². The van der Waals surface area contributed by atoms with E-state index < -0.39 is 0 Å². The van der Waals surface area contributed by atoms with Gasteiger partial charge < -0.3 is 15.0 Å². The predicted molar refractivity (Wildman–Crippen MR) is 132 cm³/mol. The summed E-state index contributed by atoms with van der Waals surface area (Å²) in [6.45, 7) is 2.05. The quantitative estimate of drug-likeness (QED) is 0.343. The number of anilines is 3. The Morgan fingerprint density at radius 2 is 1.70 bits per heavy atom. The fourth-order valence-corrected chi connectivity index (χ4v) is 3.55. The van der Waals surface area contributed by atoms with Crippen molar-refractivity contribution in [3.63, 3.8) is 0 Å². The SMILES string of the molecule is Cc1cccc(Nc2n[nH]c(-c3ccc(Oc4cc(N(C)C)nc5ccccc45)cc3)n2)c1. The summed E-state index contributed by atoms with van der Waals surface area (Å²) in [4.78, 5) is 11.2. The van der Waals surface area contributed by atoms with Gasteiger partial charge in [-0.25, -0.2) is 4.98 Å². The number of fused-ring (bicyclic) bond motifs is 1. The van der Waals surface area contributed by atoms with E-state index in [1.807, 2.05) is 105 Å². The largest absolute Gasteiger partial charge is 0.457 e. The number of aromatic amines is 1. The Labute approximate surface area is 192 Å². The molecule has 5 aromatic rings. The fourth-order valence-electron chi connectivity index (χ4n) is 3.55. The molecule has 0 radical (unpaired) electrons. The molecular weight excluding hydrogens is 412 g/mol. The van der Waals surface area contributed by atoms with Crippen molar-refractivity contribution in [2.45, 2.75) is 6.92 Å². The number of rotatable bonds is 6. The summed E-state index contributed by atoms with van der Waals surface area (Å²) in [5, 5.41) is 11.5. The Kier molecular flexibility index (Phi) is 5.36. The Morgan fingerprint density at radius 1 is 0.879 bits per heavy atom. The van der Waals surface area contributed by atoms with E-state index in [4.69, 9.17) is 4.74 Å². The number of para-hydroxylation sites is 1. The predicted octanol–water partition coefficient (Wildman–Crippen LogP) is 5.93. The standard InChI is InChI=1S/C26H24N6O/c1-17-7-6-8-19(15-17)27-26-29-25(30-31-26)18-11-13-20(14-12-18)33-23-16-24(32(2)3)28-22-10-5-4-9-21(22)23/h4-16H,1-3H3,(H2,27,29,30,31). The van der Waals surface area contributed by atoms with Crippen LogP contribution in [0.3, 0.4) is 0 Å². The second kappa shape index (κ2) is 8.63. The highest BCUT2D eigenvalue weighted by atomic mass is 16.5. The van der Waals surface area contributed by atoms with Gasteiger partial charge in [-0.15, -0.1) is 5.10 Å². The molecule has 0 bridgehead atoms. The summed E-state index contributed by atoms with van der Waals surface area (Å²) >= 11 is 0. The first-order chi connectivity index (χ1) is 16.0. The van der Waals surface area contributed by atoms with Crippen LogP contribution < -0.4 is 15.0 Å². The van der Waals surface area contributed by atoms with E-state index in [0.29, 0.717) is 11.8 Å². The first-order valence-corrected chi connectivity index (χ1v) is 10.7. The molecule has 5 rings (SSSR count). The molecule has 0 unspecified atom stereocenters. The Balaban J connectivity index is 1.36. The van der Waals surface area contributed by atoms with Crippen LogP contribution in [0.25, 0.3) is 22.3 Å². The number of nitrogens with one attached hydrogen (secondary N) is 2. The number of benzene rings is 3. The van der Waals surface area contributed by atoms with Gasteiger partial charge in [0.2, 0.25) is 5.95 Å². The molecule has 0 aliphatic rings. The minimum atomic E-state index is 0.524. The van der Waals surface area contributed by atoms with Gasteiger partial charge in [0.25, 0.3) is 0 Å². The monoisotopic (exact) mass is 436 g/mol. The summed E-state index contributed by atoms with van der Waals surface area (Å²) < 4.78 is 6.24. The maximum Gasteiger partial charge on any atom is 0.246 e. The van der Waals surface area contributed by atoms with Gasteiger partial charge in [-0.2, -0.15) is 4.98 Å². The number of nitrogens with zero attached hydrogens (tertiary/aromatic N) is 4. The van der Waals surface area contributed by atoms with Crippen molar-refractivity contribution in [2.75, 3.05) is 24.3 Å². The van der Waals surface area contributed by atoms with Gasteiger partial charge in [0.1, 0.15) is 17.3 Å². The second-order valence-electron chi connectivity index (χ2n) is 8.02. The lowest BCUT2D eigenvalue weighted by atomic mass is 10.2. The van der Waals surface area contributed by atoms with E-state index in [1.165, 1.54) is 5.56 Å². The zero-order valence-corrected chi connectivity index (χ0v) is 18.7. The third-order valence-corrected chi connectivity index (χ3v) is 5.24. The van der Waals surface area contributed by atoms with Crippen molar-refractivity contribution in [1.82, 2.24) is 20.2 Å². The lowest BCUT2D eigenvalue weighted by Gasteiger charge is -2.15. The van der Waals surface area contributed by atoms with Gasteiger partial charge in [0.15, 0.2) is 5.82 Å². The van der Waals surface area contributed by atoms with Gasteiger partial charge in [-0.05, 0) is 61.0 Å². The van der Waals surface area contributed by atoms with Crippen LogP contribution in [-0.4, -0.2) is 34.3 Å². The van der Waals surface area contributed by atoms with E-state index in [-0.39, 0.29) is 0 Å². The number of hydrogen-bond acceptors (Lipinski definition) is 6. The maximum absolute atomic E-state index is 6.24. The van der Waals surface area contributed by atoms with Crippen molar-refractivity contribution in [3.05, 3.63) is 84.4 Å². The van der Waals surface area contributed by atoms with E-state index in [1.54, 1.807) is 0 Å². The van der Waals surface area contributed by atoms with E-state index in [2.05, 4.69) is 25.5 Å². The average Bonchev–Trinajstić information content (AvgIpc) is 3.28. The van der Waals surface area contributed by atoms with Gasteiger partial charge in [-0.1, -0.05) is 24.3 Å². The zero-order chi connectivity index (χ0) is 22.8. The molecule has 2 aromatic heterocycles. The van der Waals surface area contributed by atoms with Crippen molar-refractivity contribution in [3.8, 4) is 22.9 Å². The number of aryl methyl sites for hydroxylation is 1. The van der Waals surface area contributed by atoms with Crippen LogP contribution in [0.1, 0.15) is 5.56 Å². The van der Waals surface area contributed by atoms with Crippen LogP contribution >= 0.6 is 0 Å². The molecule has 33 heavy (non-hydrogen) atoms. The number of H-pyrrole nitrogens is 1.